The van der Waals surface area contributed by atoms with Crippen LogP contribution in [0.2, 0.25) is 0 Å². The van der Waals surface area contributed by atoms with E-state index in [2.05, 4.69) is 68.5 Å². The lowest BCUT2D eigenvalue weighted by atomic mass is 9.81. The molecule has 3 heteroatoms. The Morgan fingerprint density at radius 2 is 1.73 bits per heavy atom. The SMILES string of the molecule is CCC(C)c1ccc(OC(C)OCCOc2ccc3ccc4c5c3c2CC=C5CC=C4)cc1. The van der Waals surface area contributed by atoms with Crippen LogP contribution in [0.15, 0.2) is 60.7 Å². The molecule has 0 saturated heterocycles. The van der Waals surface area contributed by atoms with E-state index < -0.39 is 0 Å². The zero-order valence-electron chi connectivity index (χ0n) is 19.8. The molecule has 3 nitrogen and oxygen atoms in total. The van der Waals surface area contributed by atoms with Crippen LogP contribution in [0, 0.1) is 0 Å². The molecule has 0 spiro atoms. The highest BCUT2D eigenvalue weighted by molar-refractivity contribution is 6.03. The Hall–Kier alpha value is -3.04. The topological polar surface area (TPSA) is 27.7 Å². The maximum absolute atomic E-state index is 6.18. The molecule has 3 aromatic carbocycles. The van der Waals surface area contributed by atoms with Crippen molar-refractivity contribution < 1.29 is 14.2 Å². The average molecular weight is 441 g/mol. The summed E-state index contributed by atoms with van der Waals surface area (Å²) in [4.78, 5) is 0. The number of allylic oxidation sites excluding steroid dienone is 3. The number of hydrogen-bond acceptors (Lipinski definition) is 3. The zero-order valence-corrected chi connectivity index (χ0v) is 19.8. The van der Waals surface area contributed by atoms with Crippen LogP contribution in [0.25, 0.3) is 22.4 Å². The molecule has 0 bridgehead atoms. The molecule has 33 heavy (non-hydrogen) atoms. The lowest BCUT2D eigenvalue weighted by Crippen LogP contribution is -2.20. The Morgan fingerprint density at radius 1 is 0.909 bits per heavy atom. The summed E-state index contributed by atoms with van der Waals surface area (Å²) in [6.45, 7) is 7.34. The molecule has 0 fully saturated rings. The van der Waals surface area contributed by atoms with Crippen molar-refractivity contribution in [1.29, 1.82) is 0 Å². The van der Waals surface area contributed by atoms with Crippen molar-refractivity contribution in [2.75, 3.05) is 13.2 Å². The summed E-state index contributed by atoms with van der Waals surface area (Å²) in [6, 6.07) is 17.0. The van der Waals surface area contributed by atoms with Crippen LogP contribution in [-0.2, 0) is 11.2 Å². The normalized spacial score (nSPS) is 15.8. The van der Waals surface area contributed by atoms with Crippen LogP contribution in [0.5, 0.6) is 11.5 Å². The molecule has 2 aliphatic carbocycles. The molecule has 0 saturated carbocycles. The number of rotatable bonds is 9. The van der Waals surface area contributed by atoms with E-state index in [0.717, 1.165) is 30.8 Å². The molecular formula is C30H32O3. The van der Waals surface area contributed by atoms with E-state index in [1.54, 1.807) is 0 Å². The van der Waals surface area contributed by atoms with Crippen LogP contribution in [0.4, 0.5) is 0 Å². The summed E-state index contributed by atoms with van der Waals surface area (Å²) >= 11 is 0. The van der Waals surface area contributed by atoms with Crippen molar-refractivity contribution in [3.8, 4) is 11.5 Å². The molecule has 2 aliphatic rings. The van der Waals surface area contributed by atoms with E-state index in [9.17, 15) is 0 Å². The van der Waals surface area contributed by atoms with Gasteiger partial charge in [-0.05, 0) is 83.3 Å². The molecule has 0 radical (unpaired) electrons. The second-order valence-electron chi connectivity index (χ2n) is 8.99. The van der Waals surface area contributed by atoms with Gasteiger partial charge in [-0.1, -0.05) is 62.4 Å². The predicted molar refractivity (Wildman–Crippen MR) is 136 cm³/mol. The van der Waals surface area contributed by atoms with Crippen LogP contribution in [-0.4, -0.2) is 19.5 Å². The Labute approximate surface area is 196 Å². The maximum Gasteiger partial charge on any atom is 0.197 e. The first kappa shape index (κ1) is 21.8. The third-order valence-corrected chi connectivity index (χ3v) is 6.85. The Morgan fingerprint density at radius 3 is 2.55 bits per heavy atom. The van der Waals surface area contributed by atoms with Crippen molar-refractivity contribution in [3.63, 3.8) is 0 Å². The Kier molecular flexibility index (Phi) is 6.24. The van der Waals surface area contributed by atoms with E-state index in [1.165, 1.54) is 38.6 Å². The second-order valence-corrected chi connectivity index (χ2v) is 8.99. The summed E-state index contributed by atoms with van der Waals surface area (Å²) in [5, 5.41) is 2.64. The van der Waals surface area contributed by atoms with Crippen LogP contribution in [0.1, 0.15) is 61.8 Å². The minimum atomic E-state index is -0.331. The molecule has 5 rings (SSSR count). The van der Waals surface area contributed by atoms with Gasteiger partial charge in [0.15, 0.2) is 6.29 Å². The van der Waals surface area contributed by atoms with Gasteiger partial charge in [-0.15, -0.1) is 0 Å². The monoisotopic (exact) mass is 440 g/mol. The first-order chi connectivity index (χ1) is 16.1. The minimum absolute atomic E-state index is 0.331. The lowest BCUT2D eigenvalue weighted by molar-refractivity contribution is -0.0739. The van der Waals surface area contributed by atoms with Gasteiger partial charge in [0.05, 0.1) is 6.61 Å². The molecule has 2 atom stereocenters. The first-order valence-electron chi connectivity index (χ1n) is 12.1. The van der Waals surface area contributed by atoms with E-state index in [0.29, 0.717) is 19.1 Å². The fraction of sp³-hybridized carbons (Fsp3) is 0.333. The Bertz CT molecular complexity index is 1200. The molecule has 0 aromatic heterocycles. The van der Waals surface area contributed by atoms with Crippen molar-refractivity contribution in [2.45, 2.75) is 52.2 Å². The molecular weight excluding hydrogens is 408 g/mol. The third kappa shape index (κ3) is 4.43. The second kappa shape index (κ2) is 9.44. The highest BCUT2D eigenvalue weighted by Gasteiger charge is 2.21. The van der Waals surface area contributed by atoms with Crippen LogP contribution < -0.4 is 9.47 Å². The highest BCUT2D eigenvalue weighted by atomic mass is 16.7. The van der Waals surface area contributed by atoms with E-state index in [-0.39, 0.29) is 6.29 Å². The molecule has 3 aromatic rings. The molecule has 0 N–H and O–H groups in total. The predicted octanol–water partition coefficient (Wildman–Crippen LogP) is 7.53. The standard InChI is InChI=1S/C30H32O3/c1-4-20(2)22-10-14-26(15-11-22)33-21(3)31-18-19-32-28-17-13-25-9-8-23-6-5-7-24-12-16-27(28)30(25)29(23)24/h5-6,8-15,17,20-21H,4,7,16,18-19H2,1-3H3. The molecule has 2 unspecified atom stereocenters. The number of benzene rings is 3. The summed E-state index contributed by atoms with van der Waals surface area (Å²) in [7, 11) is 0. The van der Waals surface area contributed by atoms with Gasteiger partial charge < -0.3 is 14.2 Å². The van der Waals surface area contributed by atoms with Gasteiger partial charge in [-0.25, -0.2) is 0 Å². The van der Waals surface area contributed by atoms with Gasteiger partial charge in [-0.2, -0.15) is 0 Å². The van der Waals surface area contributed by atoms with Crippen LogP contribution >= 0.6 is 0 Å². The smallest absolute Gasteiger partial charge is 0.197 e. The zero-order chi connectivity index (χ0) is 22.8. The van der Waals surface area contributed by atoms with E-state index >= 15 is 0 Å². The maximum atomic E-state index is 6.18. The molecule has 170 valence electrons. The summed E-state index contributed by atoms with van der Waals surface area (Å²) < 4.78 is 18.0. The summed E-state index contributed by atoms with van der Waals surface area (Å²) in [6.07, 6.45) is 9.59. The van der Waals surface area contributed by atoms with Gasteiger partial charge in [0.2, 0.25) is 0 Å². The lowest BCUT2D eigenvalue weighted by Gasteiger charge is -2.25. The van der Waals surface area contributed by atoms with Crippen LogP contribution in [0.3, 0.4) is 0 Å². The van der Waals surface area contributed by atoms with Crippen molar-refractivity contribution in [1.82, 2.24) is 0 Å². The fourth-order valence-electron chi connectivity index (χ4n) is 4.84. The molecule has 0 amide bonds. The molecule has 0 heterocycles. The minimum Gasteiger partial charge on any atom is -0.491 e. The summed E-state index contributed by atoms with van der Waals surface area (Å²) in [5.74, 6) is 2.35. The van der Waals surface area contributed by atoms with Crippen molar-refractivity contribution >= 4 is 22.4 Å². The van der Waals surface area contributed by atoms with Gasteiger partial charge in [0.25, 0.3) is 0 Å². The van der Waals surface area contributed by atoms with Crippen molar-refractivity contribution in [3.05, 3.63) is 82.9 Å². The van der Waals surface area contributed by atoms with Gasteiger partial charge in [-0.3, -0.25) is 0 Å². The van der Waals surface area contributed by atoms with Gasteiger partial charge in [0, 0.05) is 5.56 Å². The highest BCUT2D eigenvalue weighted by Crippen LogP contribution is 2.43. The van der Waals surface area contributed by atoms with Gasteiger partial charge in [0.1, 0.15) is 18.1 Å². The number of ether oxygens (including phenoxy) is 3. The van der Waals surface area contributed by atoms with E-state index in [1.807, 2.05) is 19.1 Å². The quantitative estimate of drug-likeness (QED) is 0.254. The van der Waals surface area contributed by atoms with E-state index in [4.69, 9.17) is 14.2 Å². The van der Waals surface area contributed by atoms with Crippen molar-refractivity contribution in [2.24, 2.45) is 0 Å². The average Bonchev–Trinajstić information content (AvgIpc) is 2.85. The molecule has 0 aliphatic heterocycles. The third-order valence-electron chi connectivity index (χ3n) is 6.85. The fourth-order valence-corrected chi connectivity index (χ4v) is 4.84. The first-order valence-corrected chi connectivity index (χ1v) is 12.1. The van der Waals surface area contributed by atoms with Gasteiger partial charge >= 0.3 is 0 Å². The Balaban J connectivity index is 1.19. The largest absolute Gasteiger partial charge is 0.491 e. The number of hydrogen-bond donors (Lipinski definition) is 0. The summed E-state index contributed by atoms with van der Waals surface area (Å²) in [5.41, 5.74) is 6.76.